The summed E-state index contributed by atoms with van der Waals surface area (Å²) in [7, 11) is 0. The van der Waals surface area contributed by atoms with Crippen LogP contribution in [0.3, 0.4) is 0 Å². The molecular formula is C27H32N8O. The minimum atomic E-state index is 0.529. The maximum absolute atomic E-state index is 5.49. The van der Waals surface area contributed by atoms with Crippen molar-refractivity contribution in [2.75, 3.05) is 60.2 Å². The molecule has 1 saturated heterocycles. The Kier molecular flexibility index (Phi) is 7.67. The van der Waals surface area contributed by atoms with Crippen LogP contribution in [0.25, 0.3) is 10.9 Å². The van der Waals surface area contributed by atoms with E-state index in [-0.39, 0.29) is 0 Å². The standard InChI is InChI=1S/C27H32N8O/c1-20-9-10-22-23(11-14-29-24(22)19-20)28-12-5-6-13-30-25-32-26(31-21-7-3-2-4-8-21)34-27(33-25)35-15-17-36-18-16-35/h2-4,7-11,14,19H,5-6,12-13,15-18H2,1H3,(H,28,29)(H2,30,31,32,33,34). The third-order valence-corrected chi connectivity index (χ3v) is 6.05. The molecule has 186 valence electrons. The van der Waals surface area contributed by atoms with Gasteiger partial charge in [-0.25, -0.2) is 0 Å². The molecule has 2 aromatic heterocycles. The smallest absolute Gasteiger partial charge is 0.233 e. The predicted molar refractivity (Wildman–Crippen MR) is 145 cm³/mol. The average Bonchev–Trinajstić information content (AvgIpc) is 2.91. The molecule has 1 aliphatic rings. The molecule has 3 N–H and O–H groups in total. The second-order valence-corrected chi connectivity index (χ2v) is 8.81. The number of hydrogen-bond acceptors (Lipinski definition) is 9. The van der Waals surface area contributed by atoms with Crippen molar-refractivity contribution in [3.05, 3.63) is 66.4 Å². The number of hydrogen-bond donors (Lipinski definition) is 3. The molecule has 9 heteroatoms. The van der Waals surface area contributed by atoms with Crippen molar-refractivity contribution in [2.24, 2.45) is 0 Å². The van der Waals surface area contributed by atoms with E-state index in [1.165, 1.54) is 5.56 Å². The fourth-order valence-corrected chi connectivity index (χ4v) is 4.14. The van der Waals surface area contributed by atoms with Crippen molar-refractivity contribution in [1.29, 1.82) is 0 Å². The Bertz CT molecular complexity index is 1280. The second-order valence-electron chi connectivity index (χ2n) is 8.81. The molecule has 1 fully saturated rings. The Morgan fingerprint density at radius 3 is 2.47 bits per heavy atom. The highest BCUT2D eigenvalue weighted by Crippen LogP contribution is 2.22. The first-order chi connectivity index (χ1) is 17.7. The average molecular weight is 485 g/mol. The molecule has 4 aromatic rings. The van der Waals surface area contributed by atoms with Gasteiger partial charge in [0, 0.05) is 49.1 Å². The van der Waals surface area contributed by atoms with Gasteiger partial charge in [0.15, 0.2) is 0 Å². The van der Waals surface area contributed by atoms with E-state index in [9.17, 15) is 0 Å². The van der Waals surface area contributed by atoms with Crippen LogP contribution in [0.15, 0.2) is 60.8 Å². The fourth-order valence-electron chi connectivity index (χ4n) is 4.14. The number of rotatable bonds is 10. The number of nitrogens with zero attached hydrogens (tertiary/aromatic N) is 5. The number of morpholine rings is 1. The third kappa shape index (κ3) is 6.17. The van der Waals surface area contributed by atoms with Crippen LogP contribution in [0.1, 0.15) is 18.4 Å². The molecule has 5 rings (SSSR count). The van der Waals surface area contributed by atoms with E-state index in [0.29, 0.717) is 31.1 Å². The second kappa shape index (κ2) is 11.6. The third-order valence-electron chi connectivity index (χ3n) is 6.05. The van der Waals surface area contributed by atoms with E-state index >= 15 is 0 Å². The van der Waals surface area contributed by atoms with Gasteiger partial charge in [-0.2, -0.15) is 15.0 Å². The molecule has 9 nitrogen and oxygen atoms in total. The first kappa shape index (κ1) is 23.7. The van der Waals surface area contributed by atoms with Gasteiger partial charge in [0.2, 0.25) is 17.8 Å². The number of ether oxygens (including phenoxy) is 1. The van der Waals surface area contributed by atoms with E-state index in [1.807, 2.05) is 42.6 Å². The van der Waals surface area contributed by atoms with E-state index in [0.717, 1.165) is 61.3 Å². The number of para-hydroxylation sites is 1. The van der Waals surface area contributed by atoms with Crippen LogP contribution in [0.4, 0.5) is 29.2 Å². The molecule has 0 aliphatic carbocycles. The van der Waals surface area contributed by atoms with Gasteiger partial charge in [-0.05, 0) is 49.6 Å². The molecule has 0 bridgehead atoms. The molecule has 0 radical (unpaired) electrons. The Hall–Kier alpha value is -3.98. The molecule has 36 heavy (non-hydrogen) atoms. The number of aromatic nitrogens is 4. The maximum atomic E-state index is 5.49. The summed E-state index contributed by atoms with van der Waals surface area (Å²) in [6.07, 6.45) is 3.86. The summed E-state index contributed by atoms with van der Waals surface area (Å²) in [6.45, 7) is 6.63. The molecule has 0 unspecified atom stereocenters. The first-order valence-electron chi connectivity index (χ1n) is 12.5. The van der Waals surface area contributed by atoms with Gasteiger partial charge in [-0.15, -0.1) is 0 Å². The van der Waals surface area contributed by atoms with Crippen molar-refractivity contribution in [3.63, 3.8) is 0 Å². The highest BCUT2D eigenvalue weighted by Gasteiger charge is 2.16. The highest BCUT2D eigenvalue weighted by atomic mass is 16.5. The lowest BCUT2D eigenvalue weighted by Crippen LogP contribution is -2.37. The summed E-state index contributed by atoms with van der Waals surface area (Å²) < 4.78 is 5.49. The number of anilines is 5. The molecule has 0 spiro atoms. The van der Waals surface area contributed by atoms with Crippen LogP contribution in [-0.4, -0.2) is 59.3 Å². The lowest BCUT2D eigenvalue weighted by Gasteiger charge is -2.27. The monoisotopic (exact) mass is 484 g/mol. The van der Waals surface area contributed by atoms with Crippen molar-refractivity contribution in [2.45, 2.75) is 19.8 Å². The zero-order valence-electron chi connectivity index (χ0n) is 20.6. The largest absolute Gasteiger partial charge is 0.384 e. The van der Waals surface area contributed by atoms with Crippen LogP contribution < -0.4 is 20.9 Å². The first-order valence-corrected chi connectivity index (χ1v) is 12.5. The van der Waals surface area contributed by atoms with Crippen LogP contribution in [0.5, 0.6) is 0 Å². The SMILES string of the molecule is Cc1ccc2c(NCCCCNc3nc(Nc4ccccc4)nc(N4CCOCC4)n3)ccnc2c1. The number of benzene rings is 2. The molecule has 0 amide bonds. The lowest BCUT2D eigenvalue weighted by atomic mass is 10.1. The number of fused-ring (bicyclic) bond motifs is 1. The summed E-state index contributed by atoms with van der Waals surface area (Å²) >= 11 is 0. The Morgan fingerprint density at radius 1 is 0.861 bits per heavy atom. The zero-order valence-corrected chi connectivity index (χ0v) is 20.6. The summed E-state index contributed by atoms with van der Waals surface area (Å²) in [5.41, 5.74) is 4.30. The molecular weight excluding hydrogens is 452 g/mol. The van der Waals surface area contributed by atoms with Crippen LogP contribution in [-0.2, 0) is 4.74 Å². The Morgan fingerprint density at radius 2 is 1.64 bits per heavy atom. The van der Waals surface area contributed by atoms with Crippen LogP contribution in [0.2, 0.25) is 0 Å². The summed E-state index contributed by atoms with van der Waals surface area (Å²) in [6, 6.07) is 18.3. The van der Waals surface area contributed by atoms with Gasteiger partial charge in [0.25, 0.3) is 0 Å². The number of unbranched alkanes of at least 4 members (excludes halogenated alkanes) is 1. The number of pyridine rings is 1. The van der Waals surface area contributed by atoms with Crippen molar-refractivity contribution in [1.82, 2.24) is 19.9 Å². The van der Waals surface area contributed by atoms with Crippen LogP contribution in [0, 0.1) is 6.92 Å². The van der Waals surface area contributed by atoms with Crippen molar-refractivity contribution < 1.29 is 4.74 Å². The van der Waals surface area contributed by atoms with E-state index < -0.39 is 0 Å². The van der Waals surface area contributed by atoms with Gasteiger partial charge >= 0.3 is 0 Å². The Labute approximate surface area is 211 Å². The summed E-state index contributed by atoms with van der Waals surface area (Å²) in [5.74, 6) is 1.77. The minimum absolute atomic E-state index is 0.529. The molecule has 0 atom stereocenters. The maximum Gasteiger partial charge on any atom is 0.233 e. The molecule has 3 heterocycles. The van der Waals surface area contributed by atoms with E-state index in [1.54, 1.807) is 0 Å². The zero-order chi connectivity index (χ0) is 24.6. The number of aryl methyl sites for hydroxylation is 1. The van der Waals surface area contributed by atoms with Gasteiger partial charge in [0.1, 0.15) is 0 Å². The highest BCUT2D eigenvalue weighted by molar-refractivity contribution is 5.91. The molecule has 0 saturated carbocycles. The lowest BCUT2D eigenvalue weighted by molar-refractivity contribution is 0.122. The molecule has 2 aromatic carbocycles. The van der Waals surface area contributed by atoms with Crippen LogP contribution >= 0.6 is 0 Å². The Balaban J connectivity index is 1.17. The van der Waals surface area contributed by atoms with Gasteiger partial charge in [-0.3, -0.25) is 4.98 Å². The van der Waals surface area contributed by atoms with Gasteiger partial charge < -0.3 is 25.6 Å². The predicted octanol–water partition coefficient (Wildman–Crippen LogP) is 4.61. The quantitative estimate of drug-likeness (QED) is 0.279. The van der Waals surface area contributed by atoms with Crippen molar-refractivity contribution in [3.8, 4) is 0 Å². The topological polar surface area (TPSA) is 100 Å². The minimum Gasteiger partial charge on any atom is -0.384 e. The molecule has 1 aliphatic heterocycles. The van der Waals surface area contributed by atoms with Gasteiger partial charge in [0.05, 0.1) is 18.7 Å². The number of nitrogens with one attached hydrogen (secondary N) is 3. The normalized spacial score (nSPS) is 13.5. The van der Waals surface area contributed by atoms with E-state index in [4.69, 9.17) is 4.74 Å². The van der Waals surface area contributed by atoms with Gasteiger partial charge in [-0.1, -0.05) is 30.3 Å². The fraction of sp³-hybridized carbons (Fsp3) is 0.333. The summed E-state index contributed by atoms with van der Waals surface area (Å²) in [5, 5.41) is 11.4. The van der Waals surface area contributed by atoms with E-state index in [2.05, 4.69) is 65.9 Å². The summed E-state index contributed by atoms with van der Waals surface area (Å²) in [4.78, 5) is 20.6. The van der Waals surface area contributed by atoms with Crippen molar-refractivity contribution >= 4 is 40.1 Å².